The maximum absolute atomic E-state index is 6.12. The number of ether oxygens (including phenoxy) is 1. The minimum absolute atomic E-state index is 0.350. The molecule has 1 heterocycles. The first kappa shape index (κ1) is 11.4. The summed E-state index contributed by atoms with van der Waals surface area (Å²) >= 11 is 0. The molecule has 0 amide bonds. The molecular weight excluding hydrogens is 188 g/mol. The van der Waals surface area contributed by atoms with Crippen LogP contribution in [0.4, 0.5) is 0 Å². The van der Waals surface area contributed by atoms with Crippen LogP contribution in [0.2, 0.25) is 0 Å². The molecule has 0 aromatic carbocycles. The van der Waals surface area contributed by atoms with Crippen molar-refractivity contribution in [3.05, 3.63) is 0 Å². The van der Waals surface area contributed by atoms with Crippen LogP contribution in [0.3, 0.4) is 0 Å². The smallest absolute Gasteiger partial charge is 0.0521 e. The molecule has 15 heavy (non-hydrogen) atoms. The lowest BCUT2D eigenvalue weighted by Crippen LogP contribution is -2.46. The molecule has 0 radical (unpaired) electrons. The second kappa shape index (κ2) is 5.28. The normalized spacial score (nSPS) is 33.8. The molecule has 2 N–H and O–H groups in total. The summed E-state index contributed by atoms with van der Waals surface area (Å²) < 4.78 is 5.51. The van der Waals surface area contributed by atoms with Gasteiger partial charge in [0, 0.05) is 31.2 Å². The average molecular weight is 212 g/mol. The van der Waals surface area contributed by atoms with Crippen LogP contribution in [0, 0.1) is 5.92 Å². The van der Waals surface area contributed by atoms with Crippen molar-refractivity contribution in [2.24, 2.45) is 11.7 Å². The first-order valence-electron chi connectivity index (χ1n) is 6.31. The Morgan fingerprint density at radius 3 is 2.67 bits per heavy atom. The van der Waals surface area contributed by atoms with Gasteiger partial charge < -0.3 is 15.4 Å². The van der Waals surface area contributed by atoms with E-state index >= 15 is 0 Å². The lowest BCUT2D eigenvalue weighted by Gasteiger charge is -2.34. The molecule has 88 valence electrons. The zero-order valence-electron chi connectivity index (χ0n) is 9.82. The molecule has 0 spiro atoms. The number of nitrogens with zero attached hydrogens (tertiary/aromatic N) is 1. The Balaban J connectivity index is 1.78. The Labute approximate surface area is 93.0 Å². The third-order valence-electron chi connectivity index (χ3n) is 4.00. The van der Waals surface area contributed by atoms with E-state index in [1.165, 1.54) is 25.7 Å². The molecule has 2 unspecified atom stereocenters. The van der Waals surface area contributed by atoms with Crippen LogP contribution in [0.15, 0.2) is 0 Å². The fourth-order valence-electron chi connectivity index (χ4n) is 2.87. The Morgan fingerprint density at radius 2 is 2.00 bits per heavy atom. The Hall–Kier alpha value is -0.120. The van der Waals surface area contributed by atoms with Crippen molar-refractivity contribution < 1.29 is 4.74 Å². The van der Waals surface area contributed by atoms with Crippen LogP contribution in [0.5, 0.6) is 0 Å². The molecule has 2 fully saturated rings. The van der Waals surface area contributed by atoms with Crippen LogP contribution in [-0.2, 0) is 4.74 Å². The summed E-state index contributed by atoms with van der Waals surface area (Å²) in [4.78, 5) is 2.51. The SMILES string of the molecule is CN(CC1COCCC1N)C1CCCC1. The van der Waals surface area contributed by atoms with Crippen molar-refractivity contribution in [1.29, 1.82) is 0 Å². The molecule has 3 nitrogen and oxygen atoms in total. The third kappa shape index (κ3) is 2.92. The van der Waals surface area contributed by atoms with Gasteiger partial charge in [0.1, 0.15) is 0 Å². The van der Waals surface area contributed by atoms with Crippen molar-refractivity contribution in [3.8, 4) is 0 Å². The van der Waals surface area contributed by atoms with Gasteiger partial charge in [-0.05, 0) is 26.3 Å². The zero-order valence-corrected chi connectivity index (χ0v) is 9.82. The number of hydrogen-bond donors (Lipinski definition) is 1. The van der Waals surface area contributed by atoms with Gasteiger partial charge in [-0.1, -0.05) is 12.8 Å². The van der Waals surface area contributed by atoms with Crippen molar-refractivity contribution >= 4 is 0 Å². The summed E-state index contributed by atoms with van der Waals surface area (Å²) in [7, 11) is 2.25. The van der Waals surface area contributed by atoms with Crippen LogP contribution in [-0.4, -0.2) is 43.8 Å². The first-order valence-corrected chi connectivity index (χ1v) is 6.31. The van der Waals surface area contributed by atoms with E-state index in [0.29, 0.717) is 12.0 Å². The summed E-state index contributed by atoms with van der Waals surface area (Å²) in [6.45, 7) is 2.83. The summed E-state index contributed by atoms with van der Waals surface area (Å²) in [5, 5.41) is 0. The second-order valence-corrected chi connectivity index (χ2v) is 5.17. The fourth-order valence-corrected chi connectivity index (χ4v) is 2.87. The van der Waals surface area contributed by atoms with Gasteiger partial charge in [0.15, 0.2) is 0 Å². The van der Waals surface area contributed by atoms with Gasteiger partial charge in [-0.2, -0.15) is 0 Å². The van der Waals surface area contributed by atoms with Crippen LogP contribution in [0.1, 0.15) is 32.1 Å². The molecule has 3 heteroatoms. The van der Waals surface area contributed by atoms with E-state index in [1.54, 1.807) is 0 Å². The van der Waals surface area contributed by atoms with E-state index < -0.39 is 0 Å². The molecular formula is C12H24N2O. The van der Waals surface area contributed by atoms with Gasteiger partial charge in [0.25, 0.3) is 0 Å². The molecule has 0 bridgehead atoms. The predicted molar refractivity (Wildman–Crippen MR) is 61.8 cm³/mol. The van der Waals surface area contributed by atoms with Gasteiger partial charge in [0.05, 0.1) is 6.61 Å². The third-order valence-corrected chi connectivity index (χ3v) is 4.00. The standard InChI is InChI=1S/C12H24N2O/c1-14(11-4-2-3-5-11)8-10-9-15-7-6-12(10)13/h10-12H,2-9,13H2,1H3. The molecule has 0 aromatic rings. The Morgan fingerprint density at radius 1 is 1.27 bits per heavy atom. The maximum atomic E-state index is 6.12. The van der Waals surface area contributed by atoms with Crippen molar-refractivity contribution in [1.82, 2.24) is 4.90 Å². The minimum Gasteiger partial charge on any atom is -0.381 e. The lowest BCUT2D eigenvalue weighted by atomic mass is 9.95. The van der Waals surface area contributed by atoms with E-state index in [1.807, 2.05) is 0 Å². The van der Waals surface area contributed by atoms with Gasteiger partial charge in [-0.25, -0.2) is 0 Å². The van der Waals surface area contributed by atoms with E-state index in [4.69, 9.17) is 10.5 Å². The fraction of sp³-hybridized carbons (Fsp3) is 1.00. The van der Waals surface area contributed by atoms with Crippen LogP contribution in [0.25, 0.3) is 0 Å². The summed E-state index contributed by atoms with van der Waals surface area (Å²) in [5.74, 6) is 0.546. The molecule has 2 aliphatic rings. The second-order valence-electron chi connectivity index (χ2n) is 5.17. The quantitative estimate of drug-likeness (QED) is 0.764. The van der Waals surface area contributed by atoms with Gasteiger partial charge >= 0.3 is 0 Å². The number of hydrogen-bond acceptors (Lipinski definition) is 3. The largest absolute Gasteiger partial charge is 0.381 e. The van der Waals surface area contributed by atoms with Gasteiger partial charge in [-0.3, -0.25) is 0 Å². The highest BCUT2D eigenvalue weighted by molar-refractivity contribution is 4.82. The van der Waals surface area contributed by atoms with Crippen molar-refractivity contribution in [2.75, 3.05) is 26.8 Å². The summed E-state index contributed by atoms with van der Waals surface area (Å²) in [6.07, 6.45) is 6.59. The van der Waals surface area contributed by atoms with Gasteiger partial charge in [0.2, 0.25) is 0 Å². The van der Waals surface area contributed by atoms with E-state index in [0.717, 1.165) is 32.2 Å². The van der Waals surface area contributed by atoms with Crippen LogP contribution >= 0.6 is 0 Å². The predicted octanol–water partition coefficient (Wildman–Crippen LogP) is 1.22. The van der Waals surface area contributed by atoms with Crippen LogP contribution < -0.4 is 5.73 Å². The molecule has 1 aliphatic carbocycles. The molecule has 1 saturated heterocycles. The minimum atomic E-state index is 0.350. The van der Waals surface area contributed by atoms with E-state index in [2.05, 4.69) is 11.9 Å². The maximum Gasteiger partial charge on any atom is 0.0521 e. The van der Waals surface area contributed by atoms with Crippen molar-refractivity contribution in [3.63, 3.8) is 0 Å². The molecule has 2 rings (SSSR count). The van der Waals surface area contributed by atoms with E-state index in [9.17, 15) is 0 Å². The zero-order chi connectivity index (χ0) is 10.7. The summed E-state index contributed by atoms with van der Waals surface area (Å²) in [6, 6.07) is 1.15. The average Bonchev–Trinajstić information content (AvgIpc) is 2.74. The monoisotopic (exact) mass is 212 g/mol. The number of nitrogens with two attached hydrogens (primary N) is 1. The molecule has 1 aliphatic heterocycles. The topological polar surface area (TPSA) is 38.5 Å². The highest BCUT2D eigenvalue weighted by Crippen LogP contribution is 2.24. The van der Waals surface area contributed by atoms with Gasteiger partial charge in [-0.15, -0.1) is 0 Å². The molecule has 0 aromatic heterocycles. The number of rotatable bonds is 3. The first-order chi connectivity index (χ1) is 7.27. The highest BCUT2D eigenvalue weighted by atomic mass is 16.5. The molecule has 1 saturated carbocycles. The lowest BCUT2D eigenvalue weighted by molar-refractivity contribution is 0.0243. The Kier molecular flexibility index (Phi) is 4.00. The highest BCUT2D eigenvalue weighted by Gasteiger charge is 2.27. The van der Waals surface area contributed by atoms with E-state index in [-0.39, 0.29) is 0 Å². The summed E-state index contributed by atoms with van der Waals surface area (Å²) in [5.41, 5.74) is 6.12. The molecule has 2 atom stereocenters. The Bertz CT molecular complexity index is 192. The van der Waals surface area contributed by atoms with Crippen molar-refractivity contribution in [2.45, 2.75) is 44.2 Å².